The number of hydrogen-bond donors (Lipinski definition) is 2. The largest absolute Gasteiger partial charge is 0.481 e. The predicted molar refractivity (Wildman–Crippen MR) is 115 cm³/mol. The molecule has 0 bridgehead atoms. The highest BCUT2D eigenvalue weighted by Crippen LogP contribution is 2.25. The van der Waals surface area contributed by atoms with Crippen molar-refractivity contribution in [3.8, 4) is 22.9 Å². The van der Waals surface area contributed by atoms with E-state index in [1.165, 1.54) is 4.80 Å². The monoisotopic (exact) mass is 439 g/mol. The second-order valence-corrected chi connectivity index (χ2v) is 8.05. The summed E-state index contributed by atoms with van der Waals surface area (Å²) in [6.45, 7) is 5.18. The number of aliphatic carboxylic acids is 1. The van der Waals surface area contributed by atoms with Crippen molar-refractivity contribution in [2.45, 2.75) is 45.4 Å². The Kier molecular flexibility index (Phi) is 7.04. The first kappa shape index (κ1) is 22.7. The van der Waals surface area contributed by atoms with Gasteiger partial charge >= 0.3 is 12.1 Å². The zero-order chi connectivity index (χ0) is 23.1. The van der Waals surface area contributed by atoms with Crippen LogP contribution in [-0.2, 0) is 16.1 Å². The number of nitrogens with zero attached hydrogens (tertiary/aromatic N) is 4. The van der Waals surface area contributed by atoms with Gasteiger partial charge in [-0.15, -0.1) is 10.2 Å². The van der Waals surface area contributed by atoms with Crippen molar-refractivity contribution in [1.29, 1.82) is 0 Å². The van der Waals surface area contributed by atoms with Crippen LogP contribution in [0.25, 0.3) is 11.4 Å². The number of carbonyl (C=O) groups excluding carboxylic acids is 1. The van der Waals surface area contributed by atoms with Gasteiger partial charge in [-0.25, -0.2) is 4.79 Å². The van der Waals surface area contributed by atoms with Crippen LogP contribution in [-0.4, -0.2) is 49.0 Å². The van der Waals surface area contributed by atoms with Crippen LogP contribution >= 0.6 is 0 Å². The van der Waals surface area contributed by atoms with Crippen LogP contribution in [0, 0.1) is 0 Å². The van der Waals surface area contributed by atoms with Crippen molar-refractivity contribution in [1.82, 2.24) is 25.5 Å². The summed E-state index contributed by atoms with van der Waals surface area (Å²) < 4.78 is 11.0. The van der Waals surface area contributed by atoms with E-state index < -0.39 is 23.7 Å². The van der Waals surface area contributed by atoms with Gasteiger partial charge in [0.05, 0.1) is 19.0 Å². The molecule has 0 fully saturated rings. The number of ether oxygens (including phenoxy) is 2. The molecule has 0 aliphatic rings. The zero-order valence-electron chi connectivity index (χ0n) is 18.1. The molecular weight excluding hydrogens is 414 g/mol. The van der Waals surface area contributed by atoms with Crippen molar-refractivity contribution >= 4 is 12.1 Å². The first-order chi connectivity index (χ1) is 15.2. The number of para-hydroxylation sites is 1. The van der Waals surface area contributed by atoms with Crippen LogP contribution in [0.2, 0.25) is 0 Å². The Morgan fingerprint density at radius 2 is 1.81 bits per heavy atom. The van der Waals surface area contributed by atoms with E-state index in [-0.39, 0.29) is 13.0 Å². The van der Waals surface area contributed by atoms with Gasteiger partial charge in [0.25, 0.3) is 0 Å². The van der Waals surface area contributed by atoms with E-state index in [9.17, 15) is 14.7 Å². The highest BCUT2D eigenvalue weighted by Gasteiger charge is 2.22. The van der Waals surface area contributed by atoms with Crippen molar-refractivity contribution in [3.05, 3.63) is 54.6 Å². The fourth-order valence-electron chi connectivity index (χ4n) is 2.80. The number of nitrogens with one attached hydrogen (secondary N) is 1. The van der Waals surface area contributed by atoms with Gasteiger partial charge in [-0.2, -0.15) is 4.80 Å². The van der Waals surface area contributed by atoms with Gasteiger partial charge < -0.3 is 19.9 Å². The molecule has 1 aromatic heterocycles. The lowest BCUT2D eigenvalue weighted by Gasteiger charge is -2.22. The minimum Gasteiger partial charge on any atom is -0.481 e. The Morgan fingerprint density at radius 1 is 1.09 bits per heavy atom. The number of rotatable bonds is 8. The minimum atomic E-state index is -1.07. The molecule has 1 unspecified atom stereocenters. The quantitative estimate of drug-likeness (QED) is 0.546. The van der Waals surface area contributed by atoms with E-state index in [1.54, 1.807) is 26.8 Å². The van der Waals surface area contributed by atoms with E-state index in [1.807, 2.05) is 48.5 Å². The fraction of sp³-hybridized carbons (Fsp3) is 0.318. The molecule has 1 atom stereocenters. The maximum Gasteiger partial charge on any atom is 0.407 e. The third-order valence-corrected chi connectivity index (χ3v) is 4.05. The van der Waals surface area contributed by atoms with Gasteiger partial charge in [0.1, 0.15) is 17.1 Å². The Morgan fingerprint density at radius 3 is 2.50 bits per heavy atom. The number of tetrazole rings is 1. The molecule has 0 aliphatic carbocycles. The minimum absolute atomic E-state index is 0.0126. The van der Waals surface area contributed by atoms with Gasteiger partial charge in [0.15, 0.2) is 0 Å². The Labute approximate surface area is 185 Å². The first-order valence-electron chi connectivity index (χ1n) is 10.0. The molecule has 168 valence electrons. The number of hydrogen-bond acceptors (Lipinski definition) is 7. The van der Waals surface area contributed by atoms with Crippen LogP contribution < -0.4 is 10.1 Å². The fourth-order valence-corrected chi connectivity index (χ4v) is 2.80. The summed E-state index contributed by atoms with van der Waals surface area (Å²) in [6.07, 6.45) is -1.04. The lowest BCUT2D eigenvalue weighted by atomic mass is 10.2. The van der Waals surface area contributed by atoms with Gasteiger partial charge in [-0.3, -0.25) is 4.79 Å². The number of benzene rings is 2. The van der Waals surface area contributed by atoms with Gasteiger partial charge in [0.2, 0.25) is 5.82 Å². The molecule has 0 spiro atoms. The van der Waals surface area contributed by atoms with E-state index in [0.29, 0.717) is 22.9 Å². The average Bonchev–Trinajstić information content (AvgIpc) is 3.15. The topological polar surface area (TPSA) is 128 Å². The summed E-state index contributed by atoms with van der Waals surface area (Å²) >= 11 is 0. The number of carboxylic acid groups (broad SMARTS) is 1. The van der Waals surface area contributed by atoms with Crippen molar-refractivity contribution in [2.75, 3.05) is 0 Å². The lowest BCUT2D eigenvalue weighted by Crippen LogP contribution is -2.42. The molecule has 3 aromatic rings. The molecule has 10 heteroatoms. The number of amides is 1. The Balaban J connectivity index is 1.70. The molecule has 0 radical (unpaired) electrons. The van der Waals surface area contributed by atoms with Crippen molar-refractivity contribution in [2.24, 2.45) is 0 Å². The van der Waals surface area contributed by atoms with Crippen molar-refractivity contribution in [3.63, 3.8) is 0 Å². The standard InChI is InChI=1S/C22H25N5O5/c1-22(2,3)32-21(30)23-16(13-19(28)29)14-27-25-20(24-26-27)15-8-7-11-18(12-15)31-17-9-5-4-6-10-17/h4-12,16H,13-14H2,1-3H3,(H,23,30)(H,28,29). The molecule has 0 saturated carbocycles. The van der Waals surface area contributed by atoms with Gasteiger partial charge in [-0.05, 0) is 50.3 Å². The summed E-state index contributed by atoms with van der Waals surface area (Å²) in [4.78, 5) is 24.5. The second kappa shape index (κ2) is 9.90. The summed E-state index contributed by atoms with van der Waals surface area (Å²) in [5.74, 6) is 0.582. The third-order valence-electron chi connectivity index (χ3n) is 4.05. The number of carboxylic acids is 1. The summed E-state index contributed by atoms with van der Waals surface area (Å²) in [5, 5.41) is 24.1. The first-order valence-corrected chi connectivity index (χ1v) is 10.0. The normalized spacial score (nSPS) is 12.1. The molecule has 10 nitrogen and oxygen atoms in total. The van der Waals surface area contributed by atoms with E-state index >= 15 is 0 Å². The molecule has 2 N–H and O–H groups in total. The molecule has 0 saturated heterocycles. The summed E-state index contributed by atoms with van der Waals surface area (Å²) in [7, 11) is 0. The summed E-state index contributed by atoms with van der Waals surface area (Å²) in [5.41, 5.74) is -0.0248. The van der Waals surface area contributed by atoms with Crippen molar-refractivity contribution < 1.29 is 24.2 Å². The lowest BCUT2D eigenvalue weighted by molar-refractivity contribution is -0.137. The van der Waals surface area contributed by atoms with Crippen LogP contribution in [0.1, 0.15) is 27.2 Å². The number of alkyl carbamates (subject to hydrolysis) is 1. The van der Waals surface area contributed by atoms with Crippen LogP contribution in [0.3, 0.4) is 0 Å². The van der Waals surface area contributed by atoms with E-state index in [2.05, 4.69) is 20.7 Å². The predicted octanol–water partition coefficient (Wildman–Crippen LogP) is 3.50. The smallest absolute Gasteiger partial charge is 0.407 e. The van der Waals surface area contributed by atoms with Gasteiger partial charge in [0, 0.05) is 5.56 Å². The van der Waals surface area contributed by atoms with Crippen LogP contribution in [0.15, 0.2) is 54.6 Å². The molecular formula is C22H25N5O5. The summed E-state index contributed by atoms with van der Waals surface area (Å²) in [6, 6.07) is 15.8. The molecule has 3 rings (SSSR count). The van der Waals surface area contributed by atoms with E-state index in [4.69, 9.17) is 9.47 Å². The molecule has 1 heterocycles. The van der Waals surface area contributed by atoms with Crippen LogP contribution in [0.4, 0.5) is 4.79 Å². The molecule has 1 amide bonds. The SMILES string of the molecule is CC(C)(C)OC(=O)NC(CC(=O)O)Cn1nnc(-c2cccc(Oc3ccccc3)c2)n1. The third kappa shape index (κ3) is 7.08. The van der Waals surface area contributed by atoms with E-state index in [0.717, 1.165) is 0 Å². The molecule has 2 aromatic carbocycles. The van der Waals surface area contributed by atoms with Gasteiger partial charge in [-0.1, -0.05) is 30.3 Å². The Bertz CT molecular complexity index is 1060. The zero-order valence-corrected chi connectivity index (χ0v) is 18.1. The highest BCUT2D eigenvalue weighted by atomic mass is 16.6. The molecule has 32 heavy (non-hydrogen) atoms. The maximum absolute atomic E-state index is 12.0. The number of carbonyl (C=O) groups is 2. The van der Waals surface area contributed by atoms with Crippen LogP contribution in [0.5, 0.6) is 11.5 Å². The Hall–Kier alpha value is -3.95. The average molecular weight is 439 g/mol. The maximum atomic E-state index is 12.0. The second-order valence-electron chi connectivity index (χ2n) is 8.05. The number of aromatic nitrogens is 4. The molecule has 0 aliphatic heterocycles. The highest BCUT2D eigenvalue weighted by molar-refractivity contribution is 5.71.